The van der Waals surface area contributed by atoms with Crippen LogP contribution < -0.4 is 4.74 Å². The monoisotopic (exact) mass is 354 g/mol. The average Bonchev–Trinajstić information content (AvgIpc) is 2.66. The maximum atomic E-state index is 14.1. The van der Waals surface area contributed by atoms with Gasteiger partial charge in [-0.25, -0.2) is 0 Å². The Balaban J connectivity index is 2.34. The number of hydrogen-bond acceptors (Lipinski definition) is 1. The quantitative estimate of drug-likeness (QED) is 0.506. The summed E-state index contributed by atoms with van der Waals surface area (Å²) in [5.74, 6) is 0.592. The zero-order valence-corrected chi connectivity index (χ0v) is 14.1. The van der Waals surface area contributed by atoms with E-state index in [1.54, 1.807) is 72.8 Å². The highest BCUT2D eigenvalue weighted by atomic mass is 19.4. The van der Waals surface area contributed by atoms with Crippen molar-refractivity contribution in [3.63, 3.8) is 0 Å². The lowest BCUT2D eigenvalue weighted by Gasteiger charge is -2.19. The van der Waals surface area contributed by atoms with Crippen LogP contribution in [0.4, 0.5) is 13.2 Å². The van der Waals surface area contributed by atoms with E-state index in [4.69, 9.17) is 4.74 Å². The molecule has 0 fully saturated rings. The Morgan fingerprint density at radius 1 is 0.654 bits per heavy atom. The fourth-order valence-electron chi connectivity index (χ4n) is 2.87. The molecule has 0 spiro atoms. The highest BCUT2D eigenvalue weighted by Gasteiger charge is 2.38. The van der Waals surface area contributed by atoms with Crippen LogP contribution in [-0.2, 0) is 0 Å². The second-order valence-electron chi connectivity index (χ2n) is 5.71. The van der Waals surface area contributed by atoms with Crippen molar-refractivity contribution in [3.05, 3.63) is 102 Å². The molecule has 26 heavy (non-hydrogen) atoms. The van der Waals surface area contributed by atoms with Crippen molar-refractivity contribution in [2.24, 2.45) is 0 Å². The smallest absolute Gasteiger partial charge is 0.417 e. The highest BCUT2D eigenvalue weighted by Crippen LogP contribution is 2.42. The zero-order chi connectivity index (χ0) is 18.6. The van der Waals surface area contributed by atoms with Gasteiger partial charge in [-0.2, -0.15) is 13.2 Å². The molecule has 0 atom stereocenters. The molecule has 0 saturated heterocycles. The molecule has 3 aromatic carbocycles. The van der Waals surface area contributed by atoms with Crippen LogP contribution in [0.25, 0.3) is 11.1 Å². The molecule has 0 aliphatic heterocycles. The second-order valence-corrected chi connectivity index (χ2v) is 5.71. The molecule has 3 aromatic rings. The van der Waals surface area contributed by atoms with Crippen molar-refractivity contribution in [1.82, 2.24) is 0 Å². The molecule has 0 amide bonds. The van der Waals surface area contributed by atoms with Crippen molar-refractivity contribution in [1.29, 1.82) is 0 Å². The largest absolute Gasteiger partial charge is 0.497 e. The maximum absolute atomic E-state index is 14.1. The number of ether oxygens (including phenoxy) is 1. The molecule has 4 heteroatoms. The van der Waals surface area contributed by atoms with E-state index >= 15 is 0 Å². The molecular weight excluding hydrogens is 337 g/mol. The van der Waals surface area contributed by atoms with E-state index < -0.39 is 11.7 Å². The van der Waals surface area contributed by atoms with Gasteiger partial charge >= 0.3 is 6.18 Å². The number of rotatable bonds is 4. The molecule has 0 aliphatic carbocycles. The van der Waals surface area contributed by atoms with E-state index in [0.717, 1.165) is 0 Å². The van der Waals surface area contributed by atoms with Crippen LogP contribution in [0.2, 0.25) is 0 Å². The predicted octanol–water partition coefficient (Wildman–Crippen LogP) is 6.22. The SMILES string of the molecule is COc1ccc(/C(=C(\c2ccccc2)C(F)(F)F)c2ccccc2)cc1. The summed E-state index contributed by atoms with van der Waals surface area (Å²) in [6.07, 6.45) is -4.51. The van der Waals surface area contributed by atoms with Gasteiger partial charge in [0.05, 0.1) is 12.7 Å². The van der Waals surface area contributed by atoms with Gasteiger partial charge in [0, 0.05) is 5.57 Å². The molecule has 0 bridgehead atoms. The van der Waals surface area contributed by atoms with Gasteiger partial charge in [0.2, 0.25) is 0 Å². The molecule has 132 valence electrons. The van der Waals surface area contributed by atoms with E-state index in [0.29, 0.717) is 16.9 Å². The standard InChI is InChI=1S/C22H17F3O/c1-26-19-14-12-17(13-15-19)20(16-8-4-2-5-9-16)21(22(23,24)25)18-10-6-3-7-11-18/h2-15H,1H3/b21-20+. The average molecular weight is 354 g/mol. The second kappa shape index (κ2) is 7.48. The number of benzene rings is 3. The number of hydrogen-bond donors (Lipinski definition) is 0. The van der Waals surface area contributed by atoms with Crippen molar-refractivity contribution >= 4 is 11.1 Å². The molecule has 1 nitrogen and oxygen atoms in total. The number of halogens is 3. The minimum atomic E-state index is -4.51. The fraction of sp³-hybridized carbons (Fsp3) is 0.0909. The van der Waals surface area contributed by atoms with Crippen LogP contribution in [0.3, 0.4) is 0 Å². The molecule has 0 radical (unpaired) electrons. The Morgan fingerprint density at radius 3 is 1.58 bits per heavy atom. The van der Waals surface area contributed by atoms with E-state index in [1.165, 1.54) is 19.2 Å². The summed E-state index contributed by atoms with van der Waals surface area (Å²) < 4.78 is 47.4. The van der Waals surface area contributed by atoms with E-state index in [-0.39, 0.29) is 11.1 Å². The predicted molar refractivity (Wildman–Crippen MR) is 97.8 cm³/mol. The molecule has 3 rings (SSSR count). The van der Waals surface area contributed by atoms with Crippen molar-refractivity contribution in [2.75, 3.05) is 7.11 Å². The van der Waals surface area contributed by atoms with Crippen molar-refractivity contribution in [2.45, 2.75) is 6.18 Å². The normalized spacial score (nSPS) is 12.5. The summed E-state index contributed by atoms with van der Waals surface area (Å²) in [5, 5.41) is 0. The van der Waals surface area contributed by atoms with Crippen LogP contribution in [0.1, 0.15) is 16.7 Å². The van der Waals surface area contributed by atoms with Gasteiger partial charge in [-0.05, 0) is 28.8 Å². The third-order valence-electron chi connectivity index (χ3n) is 4.04. The number of allylic oxidation sites excluding steroid dienone is 1. The van der Waals surface area contributed by atoms with Crippen LogP contribution in [0.15, 0.2) is 84.9 Å². The van der Waals surface area contributed by atoms with Crippen molar-refractivity contribution in [3.8, 4) is 5.75 Å². The fourth-order valence-corrected chi connectivity index (χ4v) is 2.87. The van der Waals surface area contributed by atoms with Crippen molar-refractivity contribution < 1.29 is 17.9 Å². The lowest BCUT2D eigenvalue weighted by atomic mass is 9.89. The first-order valence-electron chi connectivity index (χ1n) is 8.07. The Morgan fingerprint density at radius 2 is 1.12 bits per heavy atom. The summed E-state index contributed by atoms with van der Waals surface area (Å²) in [7, 11) is 1.52. The molecule has 0 N–H and O–H groups in total. The van der Waals surface area contributed by atoms with Gasteiger partial charge in [0.15, 0.2) is 0 Å². The molecular formula is C22H17F3O. The summed E-state index contributed by atoms with van der Waals surface area (Å²) in [5.41, 5.74) is 0.609. The van der Waals surface area contributed by atoms with Crippen LogP contribution in [0.5, 0.6) is 5.75 Å². The Bertz CT molecular complexity index is 880. The van der Waals surface area contributed by atoms with Gasteiger partial charge in [-0.1, -0.05) is 72.8 Å². The van der Waals surface area contributed by atoms with Gasteiger partial charge < -0.3 is 4.74 Å². The van der Waals surface area contributed by atoms with E-state index in [9.17, 15) is 13.2 Å². The van der Waals surface area contributed by atoms with Crippen LogP contribution >= 0.6 is 0 Å². The number of methoxy groups -OCH3 is 1. The third-order valence-corrected chi connectivity index (χ3v) is 4.04. The molecule has 0 heterocycles. The molecule has 0 aliphatic rings. The van der Waals surface area contributed by atoms with Crippen LogP contribution in [-0.4, -0.2) is 13.3 Å². The van der Waals surface area contributed by atoms with Gasteiger partial charge in [-0.3, -0.25) is 0 Å². The van der Waals surface area contributed by atoms with Gasteiger partial charge in [-0.15, -0.1) is 0 Å². The molecule has 0 aromatic heterocycles. The topological polar surface area (TPSA) is 9.23 Å². The lowest BCUT2D eigenvalue weighted by Crippen LogP contribution is -2.13. The maximum Gasteiger partial charge on any atom is 0.417 e. The minimum Gasteiger partial charge on any atom is -0.497 e. The van der Waals surface area contributed by atoms with Gasteiger partial charge in [0.25, 0.3) is 0 Å². The summed E-state index contributed by atoms with van der Waals surface area (Å²) >= 11 is 0. The van der Waals surface area contributed by atoms with Crippen LogP contribution in [0, 0.1) is 0 Å². The Kier molecular flexibility index (Phi) is 5.12. The molecule has 0 unspecified atom stereocenters. The summed E-state index contributed by atoms with van der Waals surface area (Å²) in [6.45, 7) is 0. The lowest BCUT2D eigenvalue weighted by molar-refractivity contribution is -0.0685. The van der Waals surface area contributed by atoms with Gasteiger partial charge in [0.1, 0.15) is 5.75 Å². The first-order valence-corrected chi connectivity index (χ1v) is 8.07. The Labute approximate surface area is 150 Å². The number of alkyl halides is 3. The van der Waals surface area contributed by atoms with E-state index in [2.05, 4.69) is 0 Å². The molecule has 0 saturated carbocycles. The first-order chi connectivity index (χ1) is 12.5. The highest BCUT2D eigenvalue weighted by molar-refractivity contribution is 6.00. The Hall–Kier alpha value is -3.01. The zero-order valence-electron chi connectivity index (χ0n) is 14.1. The first kappa shape index (κ1) is 17.8. The summed E-state index contributed by atoms with van der Waals surface area (Å²) in [6, 6.07) is 23.1. The third kappa shape index (κ3) is 3.80. The minimum absolute atomic E-state index is 0.134. The van der Waals surface area contributed by atoms with E-state index in [1.807, 2.05) is 0 Å². The summed E-state index contributed by atoms with van der Waals surface area (Å²) in [4.78, 5) is 0.